The molecule has 4 rings (SSSR count). The van der Waals surface area contributed by atoms with Gasteiger partial charge in [-0.2, -0.15) is 0 Å². The molecule has 2 N–H and O–H groups in total. The molecule has 1 heterocycles. The molecule has 0 saturated carbocycles. The smallest absolute Gasteiger partial charge is 0.358 e. The molecule has 33 heavy (non-hydrogen) atoms. The number of thiazole rings is 1. The summed E-state index contributed by atoms with van der Waals surface area (Å²) in [5.41, 5.74) is 0.937. The lowest BCUT2D eigenvalue weighted by Crippen LogP contribution is -2.31. The summed E-state index contributed by atoms with van der Waals surface area (Å²) in [5.74, 6) is -2.56. The van der Waals surface area contributed by atoms with E-state index in [1.54, 1.807) is 30.3 Å². The van der Waals surface area contributed by atoms with Crippen LogP contribution in [0.1, 0.15) is 56.2 Å². The average Bonchev–Trinajstić information content (AvgIpc) is 3.25. The molecule has 166 valence electrons. The van der Waals surface area contributed by atoms with Crippen LogP contribution < -0.4 is 10.6 Å². The Morgan fingerprint density at radius 2 is 1.61 bits per heavy atom. The van der Waals surface area contributed by atoms with Gasteiger partial charge >= 0.3 is 5.97 Å². The molecule has 2 amide bonds. The van der Waals surface area contributed by atoms with Crippen molar-refractivity contribution in [1.29, 1.82) is 0 Å². The van der Waals surface area contributed by atoms with Gasteiger partial charge in [-0.25, -0.2) is 9.78 Å². The number of ketones is 2. The summed E-state index contributed by atoms with van der Waals surface area (Å²) in [5, 5.41) is 6.65. The number of esters is 1. The monoisotopic (exact) mass is 463 g/mol. The molecule has 3 aromatic rings. The standard InChI is InChI=1S/C23H17N3O6S/c1-11(32-22(31)17-10-33-23(26-17)24-12(2)27)21(30)25-16-9-5-8-15-18(16)20(29)14-7-4-3-6-13(14)19(15)28/h3-11H,1-2H3,(H,25,30)(H,24,26,27). The largest absolute Gasteiger partial charge is 0.448 e. The highest BCUT2D eigenvalue weighted by molar-refractivity contribution is 7.14. The molecule has 1 aliphatic carbocycles. The van der Waals surface area contributed by atoms with Gasteiger partial charge < -0.3 is 15.4 Å². The van der Waals surface area contributed by atoms with Crippen molar-refractivity contribution in [2.45, 2.75) is 20.0 Å². The number of nitrogens with one attached hydrogen (secondary N) is 2. The summed E-state index contributed by atoms with van der Waals surface area (Å²) in [6.45, 7) is 2.68. The molecule has 0 spiro atoms. The number of anilines is 2. The average molecular weight is 463 g/mol. The van der Waals surface area contributed by atoms with Crippen LogP contribution in [0.2, 0.25) is 0 Å². The summed E-state index contributed by atoms with van der Waals surface area (Å²) in [4.78, 5) is 65.9. The van der Waals surface area contributed by atoms with Gasteiger partial charge in [0.2, 0.25) is 5.91 Å². The second-order valence-electron chi connectivity index (χ2n) is 7.19. The number of amides is 2. The zero-order valence-electron chi connectivity index (χ0n) is 17.5. The maximum absolute atomic E-state index is 13.0. The fourth-order valence-corrected chi connectivity index (χ4v) is 4.06. The Balaban J connectivity index is 1.51. The van der Waals surface area contributed by atoms with E-state index in [9.17, 15) is 24.0 Å². The highest BCUT2D eigenvalue weighted by atomic mass is 32.1. The van der Waals surface area contributed by atoms with E-state index in [0.29, 0.717) is 5.56 Å². The van der Waals surface area contributed by atoms with Crippen LogP contribution in [0.3, 0.4) is 0 Å². The van der Waals surface area contributed by atoms with Crippen LogP contribution in [0.15, 0.2) is 47.8 Å². The van der Waals surface area contributed by atoms with Crippen molar-refractivity contribution in [1.82, 2.24) is 4.98 Å². The van der Waals surface area contributed by atoms with Crippen molar-refractivity contribution in [2.75, 3.05) is 10.6 Å². The van der Waals surface area contributed by atoms with Crippen molar-refractivity contribution >= 4 is 51.5 Å². The lowest BCUT2D eigenvalue weighted by molar-refractivity contribution is -0.123. The number of aromatic nitrogens is 1. The maximum Gasteiger partial charge on any atom is 0.358 e. The third-order valence-corrected chi connectivity index (χ3v) is 5.62. The second kappa shape index (κ2) is 8.75. The number of hydrogen-bond donors (Lipinski definition) is 2. The molecule has 9 nitrogen and oxygen atoms in total. The van der Waals surface area contributed by atoms with Crippen LogP contribution in [0.5, 0.6) is 0 Å². The van der Waals surface area contributed by atoms with Gasteiger partial charge in [0.15, 0.2) is 28.5 Å². The fraction of sp³-hybridized carbons (Fsp3) is 0.130. The van der Waals surface area contributed by atoms with E-state index in [-0.39, 0.29) is 50.7 Å². The van der Waals surface area contributed by atoms with E-state index in [2.05, 4.69) is 15.6 Å². The highest BCUT2D eigenvalue weighted by Crippen LogP contribution is 2.32. The van der Waals surface area contributed by atoms with Gasteiger partial charge in [0.25, 0.3) is 5.91 Å². The molecule has 1 atom stereocenters. The third kappa shape index (κ3) is 4.28. The van der Waals surface area contributed by atoms with Gasteiger partial charge in [-0.3, -0.25) is 19.2 Å². The molecule has 0 saturated heterocycles. The molecule has 0 aliphatic heterocycles. The van der Waals surface area contributed by atoms with E-state index in [4.69, 9.17) is 4.74 Å². The Hall–Kier alpha value is -4.18. The first-order valence-electron chi connectivity index (χ1n) is 9.82. The van der Waals surface area contributed by atoms with Crippen molar-refractivity contribution in [3.05, 3.63) is 75.8 Å². The first kappa shape index (κ1) is 22.0. The van der Waals surface area contributed by atoms with E-state index >= 15 is 0 Å². The predicted molar refractivity (Wildman–Crippen MR) is 120 cm³/mol. The zero-order valence-corrected chi connectivity index (χ0v) is 18.3. The first-order valence-corrected chi connectivity index (χ1v) is 10.7. The summed E-state index contributed by atoms with van der Waals surface area (Å²) in [6.07, 6.45) is -1.22. The van der Waals surface area contributed by atoms with E-state index in [1.165, 1.54) is 31.4 Å². The second-order valence-corrected chi connectivity index (χ2v) is 8.05. The Bertz CT molecular complexity index is 1330. The predicted octanol–water partition coefficient (Wildman–Crippen LogP) is 3.06. The van der Waals surface area contributed by atoms with Crippen molar-refractivity contribution in [3.8, 4) is 0 Å². The minimum Gasteiger partial charge on any atom is -0.448 e. The quantitative estimate of drug-likeness (QED) is 0.435. The first-order chi connectivity index (χ1) is 15.8. The molecule has 2 aromatic carbocycles. The van der Waals surface area contributed by atoms with Crippen LogP contribution in [0, 0.1) is 0 Å². The van der Waals surface area contributed by atoms with Gasteiger partial charge in [0.05, 0.1) is 11.3 Å². The number of benzene rings is 2. The SMILES string of the molecule is CC(=O)Nc1nc(C(=O)OC(C)C(=O)Nc2cccc3c2C(=O)c2ccccc2C3=O)cs1. The number of carbonyl (C=O) groups is 5. The number of fused-ring (bicyclic) bond motifs is 2. The van der Waals surface area contributed by atoms with Crippen LogP contribution in [-0.4, -0.2) is 40.4 Å². The normalized spacial score (nSPS) is 12.9. The Morgan fingerprint density at radius 3 is 2.30 bits per heavy atom. The minimum absolute atomic E-state index is 0.0575. The van der Waals surface area contributed by atoms with Crippen LogP contribution in [0.25, 0.3) is 0 Å². The molecule has 10 heteroatoms. The molecule has 1 aliphatic rings. The lowest BCUT2D eigenvalue weighted by atomic mass is 9.83. The Morgan fingerprint density at radius 1 is 0.939 bits per heavy atom. The molecule has 0 radical (unpaired) electrons. The molecule has 0 fully saturated rings. The topological polar surface area (TPSA) is 132 Å². The molecule has 1 unspecified atom stereocenters. The maximum atomic E-state index is 13.0. The number of carbonyl (C=O) groups excluding carboxylic acids is 5. The van der Waals surface area contributed by atoms with E-state index in [1.807, 2.05) is 0 Å². The van der Waals surface area contributed by atoms with Gasteiger partial charge in [-0.15, -0.1) is 11.3 Å². The summed E-state index contributed by atoms with van der Waals surface area (Å²) < 4.78 is 5.17. The van der Waals surface area contributed by atoms with Gasteiger partial charge in [0, 0.05) is 29.0 Å². The Labute approximate surface area is 191 Å². The minimum atomic E-state index is -1.22. The highest BCUT2D eigenvalue weighted by Gasteiger charge is 2.32. The summed E-state index contributed by atoms with van der Waals surface area (Å²) in [6, 6.07) is 11.1. The van der Waals surface area contributed by atoms with E-state index in [0.717, 1.165) is 11.3 Å². The number of nitrogens with zero attached hydrogens (tertiary/aromatic N) is 1. The third-order valence-electron chi connectivity index (χ3n) is 4.86. The van der Waals surface area contributed by atoms with Crippen molar-refractivity contribution in [2.24, 2.45) is 0 Å². The van der Waals surface area contributed by atoms with Crippen molar-refractivity contribution in [3.63, 3.8) is 0 Å². The van der Waals surface area contributed by atoms with Gasteiger partial charge in [-0.1, -0.05) is 36.4 Å². The zero-order chi connectivity index (χ0) is 23.7. The summed E-state index contributed by atoms with van der Waals surface area (Å²) in [7, 11) is 0. The molecule has 1 aromatic heterocycles. The molecule has 0 bridgehead atoms. The van der Waals surface area contributed by atoms with Crippen molar-refractivity contribution < 1.29 is 28.7 Å². The van der Waals surface area contributed by atoms with Crippen LogP contribution in [-0.2, 0) is 14.3 Å². The number of ether oxygens (including phenoxy) is 1. The van der Waals surface area contributed by atoms with Gasteiger partial charge in [0.1, 0.15) is 0 Å². The lowest BCUT2D eigenvalue weighted by Gasteiger charge is -2.21. The molecular formula is C23H17N3O6S. The molecular weight excluding hydrogens is 446 g/mol. The number of hydrogen-bond acceptors (Lipinski definition) is 8. The van der Waals surface area contributed by atoms with E-state index < -0.39 is 18.0 Å². The number of rotatable bonds is 5. The van der Waals surface area contributed by atoms with Crippen LogP contribution >= 0.6 is 11.3 Å². The fourth-order valence-electron chi connectivity index (χ4n) is 3.33. The Kier molecular flexibility index (Phi) is 5.84. The summed E-state index contributed by atoms with van der Waals surface area (Å²) >= 11 is 1.04. The van der Waals surface area contributed by atoms with Crippen LogP contribution in [0.4, 0.5) is 10.8 Å². The van der Waals surface area contributed by atoms with Gasteiger partial charge in [-0.05, 0) is 13.0 Å².